The Hall–Kier alpha value is 0.700. The highest BCUT2D eigenvalue weighted by Crippen LogP contribution is 2.39. The van der Waals surface area contributed by atoms with Crippen LogP contribution in [0.2, 0.25) is 0 Å². The lowest BCUT2D eigenvalue weighted by Crippen LogP contribution is -2.37. The maximum absolute atomic E-state index is 4.38. The lowest BCUT2D eigenvalue weighted by atomic mass is 9.86. The molecule has 48 valence electrons. The Balaban J connectivity index is 2.25. The molecule has 3 unspecified atom stereocenters. The summed E-state index contributed by atoms with van der Waals surface area (Å²) in [4.78, 5) is 0. The van der Waals surface area contributed by atoms with Crippen molar-refractivity contribution in [3.05, 3.63) is 0 Å². The molecule has 1 rings (SSSR count). The molecular weight excluding hydrogens is 136 g/mol. The van der Waals surface area contributed by atoms with Gasteiger partial charge in [-0.25, -0.2) is 0 Å². The molecule has 0 bridgehead atoms. The van der Waals surface area contributed by atoms with Crippen LogP contribution in [0.1, 0.15) is 13.3 Å². The van der Waals surface area contributed by atoms with Crippen LogP contribution < -0.4 is 0 Å². The number of thiol groups is 1. The SMILES string of the molecule is CSC1CC(S)C1C. The van der Waals surface area contributed by atoms with E-state index < -0.39 is 0 Å². The van der Waals surface area contributed by atoms with Gasteiger partial charge < -0.3 is 0 Å². The fraction of sp³-hybridized carbons (Fsp3) is 1.00. The summed E-state index contributed by atoms with van der Waals surface area (Å²) in [6, 6.07) is 0. The molecule has 0 aromatic carbocycles. The van der Waals surface area contributed by atoms with Gasteiger partial charge in [-0.05, 0) is 18.6 Å². The minimum absolute atomic E-state index is 0.687. The van der Waals surface area contributed by atoms with Gasteiger partial charge in [-0.15, -0.1) is 0 Å². The van der Waals surface area contributed by atoms with E-state index in [1.165, 1.54) is 6.42 Å². The first-order valence-corrected chi connectivity index (χ1v) is 4.77. The largest absolute Gasteiger partial charge is 0.176 e. The average molecular weight is 148 g/mol. The van der Waals surface area contributed by atoms with Gasteiger partial charge in [0.1, 0.15) is 0 Å². The van der Waals surface area contributed by atoms with Crippen LogP contribution in [0, 0.1) is 5.92 Å². The van der Waals surface area contributed by atoms with Crippen LogP contribution in [0.15, 0.2) is 0 Å². The van der Waals surface area contributed by atoms with Gasteiger partial charge in [0.25, 0.3) is 0 Å². The first-order chi connectivity index (χ1) is 3.75. The van der Waals surface area contributed by atoms with E-state index in [1.54, 1.807) is 0 Å². The molecule has 1 fully saturated rings. The van der Waals surface area contributed by atoms with Crippen molar-refractivity contribution in [2.75, 3.05) is 6.26 Å². The molecule has 3 atom stereocenters. The van der Waals surface area contributed by atoms with Gasteiger partial charge in [0.2, 0.25) is 0 Å². The topological polar surface area (TPSA) is 0 Å². The van der Waals surface area contributed by atoms with Crippen LogP contribution in [0.3, 0.4) is 0 Å². The van der Waals surface area contributed by atoms with Crippen molar-refractivity contribution in [1.29, 1.82) is 0 Å². The van der Waals surface area contributed by atoms with Gasteiger partial charge in [-0.2, -0.15) is 24.4 Å². The Morgan fingerprint density at radius 3 is 2.38 bits per heavy atom. The lowest BCUT2D eigenvalue weighted by Gasteiger charge is -2.38. The smallest absolute Gasteiger partial charge is 0.00909 e. The Morgan fingerprint density at radius 2 is 2.25 bits per heavy atom. The standard InChI is InChI=1S/C6H12S2/c1-4-5(7)3-6(4)8-2/h4-7H,3H2,1-2H3. The second-order valence-electron chi connectivity index (χ2n) is 2.44. The maximum Gasteiger partial charge on any atom is 0.00909 e. The Morgan fingerprint density at radius 1 is 1.62 bits per heavy atom. The van der Waals surface area contributed by atoms with Gasteiger partial charge >= 0.3 is 0 Å². The zero-order valence-corrected chi connectivity index (χ0v) is 7.01. The van der Waals surface area contributed by atoms with Crippen LogP contribution in [-0.4, -0.2) is 16.8 Å². The first kappa shape index (κ1) is 6.81. The van der Waals surface area contributed by atoms with Gasteiger partial charge in [-0.1, -0.05) is 6.92 Å². The van der Waals surface area contributed by atoms with Gasteiger partial charge in [-0.3, -0.25) is 0 Å². The quantitative estimate of drug-likeness (QED) is 0.555. The summed E-state index contributed by atoms with van der Waals surface area (Å²) < 4.78 is 0. The molecule has 0 aromatic heterocycles. The molecule has 0 aromatic rings. The minimum atomic E-state index is 0.687. The highest BCUT2D eigenvalue weighted by atomic mass is 32.2. The molecule has 0 spiro atoms. The average Bonchev–Trinajstić information content (AvgIpc) is 1.81. The highest BCUT2D eigenvalue weighted by molar-refractivity contribution is 7.99. The second-order valence-corrected chi connectivity index (χ2v) is 4.18. The van der Waals surface area contributed by atoms with Crippen LogP contribution in [0.5, 0.6) is 0 Å². The van der Waals surface area contributed by atoms with Crippen molar-refractivity contribution >= 4 is 24.4 Å². The van der Waals surface area contributed by atoms with Crippen LogP contribution in [-0.2, 0) is 0 Å². The highest BCUT2D eigenvalue weighted by Gasteiger charge is 2.33. The fourth-order valence-corrected chi connectivity index (χ4v) is 2.74. The number of hydrogen-bond acceptors (Lipinski definition) is 2. The van der Waals surface area contributed by atoms with Gasteiger partial charge in [0.15, 0.2) is 0 Å². The van der Waals surface area contributed by atoms with E-state index >= 15 is 0 Å². The molecule has 0 saturated heterocycles. The zero-order chi connectivity index (χ0) is 6.15. The van der Waals surface area contributed by atoms with Crippen molar-refractivity contribution in [3.63, 3.8) is 0 Å². The van der Waals surface area contributed by atoms with E-state index in [1.807, 2.05) is 11.8 Å². The summed E-state index contributed by atoms with van der Waals surface area (Å²) in [5, 5.41) is 1.59. The molecule has 2 heteroatoms. The molecule has 1 aliphatic rings. The predicted octanol–water partition coefficient (Wildman–Crippen LogP) is 2.06. The summed E-state index contributed by atoms with van der Waals surface area (Å²) in [7, 11) is 0. The van der Waals surface area contributed by atoms with E-state index in [4.69, 9.17) is 0 Å². The summed E-state index contributed by atoms with van der Waals surface area (Å²) in [5.41, 5.74) is 0. The number of rotatable bonds is 1. The Bertz CT molecular complexity index is 82.6. The van der Waals surface area contributed by atoms with Crippen molar-refractivity contribution in [2.45, 2.75) is 23.8 Å². The van der Waals surface area contributed by atoms with Crippen molar-refractivity contribution in [1.82, 2.24) is 0 Å². The van der Waals surface area contributed by atoms with Crippen molar-refractivity contribution in [2.24, 2.45) is 5.92 Å². The number of hydrogen-bond donors (Lipinski definition) is 1. The van der Waals surface area contributed by atoms with Crippen LogP contribution in [0.4, 0.5) is 0 Å². The molecule has 0 amide bonds. The molecule has 0 heterocycles. The van der Waals surface area contributed by atoms with E-state index in [0.717, 1.165) is 11.2 Å². The molecule has 0 radical (unpaired) electrons. The number of thioether (sulfide) groups is 1. The van der Waals surface area contributed by atoms with Crippen LogP contribution in [0.25, 0.3) is 0 Å². The minimum Gasteiger partial charge on any atom is -0.176 e. The summed E-state index contributed by atoms with van der Waals surface area (Å²) in [6.45, 7) is 2.28. The summed E-state index contributed by atoms with van der Waals surface area (Å²) in [6.07, 6.45) is 3.49. The third-order valence-corrected chi connectivity index (χ3v) is 3.88. The Labute approximate surface area is 60.8 Å². The molecule has 8 heavy (non-hydrogen) atoms. The van der Waals surface area contributed by atoms with Gasteiger partial charge in [0.05, 0.1) is 0 Å². The summed E-state index contributed by atoms with van der Waals surface area (Å²) in [5.74, 6) is 0.841. The van der Waals surface area contributed by atoms with Crippen molar-refractivity contribution < 1.29 is 0 Å². The Kier molecular flexibility index (Phi) is 2.15. The van der Waals surface area contributed by atoms with E-state index in [0.29, 0.717) is 5.25 Å². The monoisotopic (exact) mass is 148 g/mol. The lowest BCUT2D eigenvalue weighted by molar-refractivity contribution is 0.382. The van der Waals surface area contributed by atoms with Crippen molar-refractivity contribution in [3.8, 4) is 0 Å². The van der Waals surface area contributed by atoms with Gasteiger partial charge in [0, 0.05) is 10.5 Å². The van der Waals surface area contributed by atoms with E-state index in [2.05, 4.69) is 25.8 Å². The maximum atomic E-state index is 4.38. The fourth-order valence-electron chi connectivity index (χ4n) is 1.03. The predicted molar refractivity (Wildman–Crippen MR) is 43.9 cm³/mol. The molecule has 1 aliphatic carbocycles. The molecule has 0 nitrogen and oxygen atoms in total. The van der Waals surface area contributed by atoms with E-state index in [-0.39, 0.29) is 0 Å². The van der Waals surface area contributed by atoms with E-state index in [9.17, 15) is 0 Å². The molecule has 0 N–H and O–H groups in total. The first-order valence-electron chi connectivity index (χ1n) is 2.96. The third-order valence-electron chi connectivity index (χ3n) is 1.97. The molecular formula is C6H12S2. The normalized spacial score (nSPS) is 46.1. The molecule has 0 aliphatic heterocycles. The van der Waals surface area contributed by atoms with Crippen LogP contribution >= 0.6 is 24.4 Å². The second kappa shape index (κ2) is 2.53. The summed E-state index contributed by atoms with van der Waals surface area (Å²) >= 11 is 6.35. The third kappa shape index (κ3) is 1.01. The molecule has 1 saturated carbocycles. The zero-order valence-electron chi connectivity index (χ0n) is 5.29.